The average molecular weight is 234 g/mol. The van der Waals surface area contributed by atoms with Crippen LogP contribution < -0.4 is 0 Å². The molecule has 90 valence electrons. The van der Waals surface area contributed by atoms with Crippen LogP contribution in [0.5, 0.6) is 0 Å². The molecule has 0 amide bonds. The van der Waals surface area contributed by atoms with Crippen LogP contribution in [0.2, 0.25) is 0 Å². The lowest BCUT2D eigenvalue weighted by atomic mass is 9.91. The third-order valence-corrected chi connectivity index (χ3v) is 4.76. The zero-order valence-corrected chi connectivity index (χ0v) is 10.9. The summed E-state index contributed by atoms with van der Waals surface area (Å²) in [4.78, 5) is 0. The quantitative estimate of drug-likeness (QED) is 0.690. The summed E-state index contributed by atoms with van der Waals surface area (Å²) in [5, 5.41) is -0.284. The average Bonchev–Trinajstić information content (AvgIpc) is 2.00. The smallest absolute Gasteiger partial charge is 0.264 e. The molecule has 0 bridgehead atoms. The van der Waals surface area contributed by atoms with Crippen LogP contribution in [0.1, 0.15) is 53.4 Å². The van der Waals surface area contributed by atoms with E-state index in [1.54, 1.807) is 20.8 Å². The van der Waals surface area contributed by atoms with Crippen LogP contribution in [0.25, 0.3) is 0 Å². The van der Waals surface area contributed by atoms with Crippen molar-refractivity contribution >= 4 is 10.1 Å². The molecule has 1 aliphatic carbocycles. The summed E-state index contributed by atoms with van der Waals surface area (Å²) in [6.07, 6.45) is 3.49. The zero-order chi connectivity index (χ0) is 11.7. The fourth-order valence-corrected chi connectivity index (χ4v) is 3.62. The summed E-state index contributed by atoms with van der Waals surface area (Å²) in [7, 11) is -3.36. The Morgan fingerprint density at radius 3 is 1.93 bits per heavy atom. The van der Waals surface area contributed by atoms with Crippen LogP contribution in [0.15, 0.2) is 0 Å². The van der Waals surface area contributed by atoms with Crippen LogP contribution in [0, 0.1) is 5.92 Å². The highest BCUT2D eigenvalue weighted by atomic mass is 32.2. The Morgan fingerprint density at radius 2 is 1.53 bits per heavy atom. The SMILES string of the molecule is CC1CCC(S(=O)(=O)OC(C)(C)C)CC1. The van der Waals surface area contributed by atoms with E-state index in [2.05, 4.69) is 6.92 Å². The van der Waals surface area contributed by atoms with Gasteiger partial charge in [-0.25, -0.2) is 0 Å². The van der Waals surface area contributed by atoms with Crippen LogP contribution in [-0.4, -0.2) is 19.3 Å². The van der Waals surface area contributed by atoms with Crippen LogP contribution in [-0.2, 0) is 14.3 Å². The summed E-state index contributed by atoms with van der Waals surface area (Å²) in [6, 6.07) is 0. The van der Waals surface area contributed by atoms with Crippen LogP contribution >= 0.6 is 0 Å². The van der Waals surface area contributed by atoms with E-state index in [1.165, 1.54) is 0 Å². The van der Waals surface area contributed by atoms with Crippen molar-refractivity contribution in [2.24, 2.45) is 5.92 Å². The van der Waals surface area contributed by atoms with Crippen molar-refractivity contribution in [2.45, 2.75) is 64.2 Å². The lowest BCUT2D eigenvalue weighted by molar-refractivity contribution is 0.134. The van der Waals surface area contributed by atoms with Crippen molar-refractivity contribution in [3.8, 4) is 0 Å². The highest BCUT2D eigenvalue weighted by Gasteiger charge is 2.33. The van der Waals surface area contributed by atoms with E-state index in [-0.39, 0.29) is 5.25 Å². The fourth-order valence-electron chi connectivity index (χ4n) is 1.93. The summed E-state index contributed by atoms with van der Waals surface area (Å²) in [5.74, 6) is 0.658. The van der Waals surface area contributed by atoms with Gasteiger partial charge >= 0.3 is 0 Å². The van der Waals surface area contributed by atoms with Crippen molar-refractivity contribution in [3.05, 3.63) is 0 Å². The van der Waals surface area contributed by atoms with Gasteiger partial charge in [0.2, 0.25) is 0 Å². The first-order chi connectivity index (χ1) is 6.71. The predicted molar refractivity (Wildman–Crippen MR) is 61.2 cm³/mol. The lowest BCUT2D eigenvalue weighted by Crippen LogP contribution is -2.33. The van der Waals surface area contributed by atoms with Gasteiger partial charge in [-0.15, -0.1) is 0 Å². The van der Waals surface area contributed by atoms with Gasteiger partial charge in [0.25, 0.3) is 10.1 Å². The molecule has 0 saturated heterocycles. The van der Waals surface area contributed by atoms with Gasteiger partial charge in [0.05, 0.1) is 10.9 Å². The molecular weight excluding hydrogens is 212 g/mol. The first kappa shape index (κ1) is 13.0. The van der Waals surface area contributed by atoms with Crippen molar-refractivity contribution in [3.63, 3.8) is 0 Å². The molecule has 1 rings (SSSR count). The molecule has 0 N–H and O–H groups in total. The van der Waals surface area contributed by atoms with Gasteiger partial charge in [0, 0.05) is 0 Å². The zero-order valence-electron chi connectivity index (χ0n) is 10.1. The molecule has 0 spiro atoms. The Bertz CT molecular complexity index is 292. The van der Waals surface area contributed by atoms with Crippen LogP contribution in [0.4, 0.5) is 0 Å². The fraction of sp³-hybridized carbons (Fsp3) is 1.00. The van der Waals surface area contributed by atoms with Gasteiger partial charge in [-0.3, -0.25) is 4.18 Å². The molecule has 0 unspecified atom stereocenters. The summed E-state index contributed by atoms with van der Waals surface area (Å²) >= 11 is 0. The van der Waals surface area contributed by atoms with Crippen molar-refractivity contribution in [2.75, 3.05) is 0 Å². The van der Waals surface area contributed by atoms with Gasteiger partial charge in [-0.2, -0.15) is 8.42 Å². The highest BCUT2D eigenvalue weighted by molar-refractivity contribution is 7.87. The molecule has 1 fully saturated rings. The maximum absolute atomic E-state index is 11.9. The standard InChI is InChI=1S/C11H22O3S/c1-9-5-7-10(8-6-9)15(12,13)14-11(2,3)4/h9-10H,5-8H2,1-4H3. The van der Waals surface area contributed by atoms with Crippen molar-refractivity contribution < 1.29 is 12.6 Å². The van der Waals surface area contributed by atoms with E-state index in [1.807, 2.05) is 0 Å². The minimum atomic E-state index is -3.36. The molecule has 0 aromatic rings. The molecule has 15 heavy (non-hydrogen) atoms. The largest absolute Gasteiger partial charge is 0.270 e. The second-order valence-corrected chi connectivity index (χ2v) is 7.39. The van der Waals surface area contributed by atoms with E-state index >= 15 is 0 Å². The molecule has 0 aromatic heterocycles. The molecule has 0 aliphatic heterocycles. The Labute approximate surface area is 93.3 Å². The Kier molecular flexibility index (Phi) is 3.82. The minimum Gasteiger partial charge on any atom is -0.264 e. The molecular formula is C11H22O3S. The molecule has 4 heteroatoms. The number of hydrogen-bond donors (Lipinski definition) is 0. The minimum absolute atomic E-state index is 0.284. The summed E-state index contributed by atoms with van der Waals surface area (Å²) < 4.78 is 28.9. The third kappa shape index (κ3) is 4.11. The van der Waals surface area contributed by atoms with Gasteiger partial charge in [-0.05, 0) is 52.4 Å². The van der Waals surface area contributed by atoms with E-state index < -0.39 is 15.7 Å². The second kappa shape index (κ2) is 4.42. The first-order valence-corrected chi connectivity index (χ1v) is 7.12. The Hall–Kier alpha value is -0.0900. The predicted octanol–water partition coefficient (Wildman–Crippen LogP) is 2.71. The molecule has 1 aliphatic rings. The first-order valence-electron chi connectivity index (χ1n) is 5.65. The van der Waals surface area contributed by atoms with Crippen LogP contribution in [0.3, 0.4) is 0 Å². The lowest BCUT2D eigenvalue weighted by Gasteiger charge is -2.28. The topological polar surface area (TPSA) is 43.4 Å². The van der Waals surface area contributed by atoms with E-state index in [0.717, 1.165) is 25.7 Å². The molecule has 1 saturated carbocycles. The monoisotopic (exact) mass is 234 g/mol. The Morgan fingerprint density at radius 1 is 1.07 bits per heavy atom. The molecule has 0 heterocycles. The van der Waals surface area contributed by atoms with Gasteiger partial charge in [0.1, 0.15) is 0 Å². The summed E-state index contributed by atoms with van der Waals surface area (Å²) in [5.41, 5.74) is -0.609. The molecule has 0 radical (unpaired) electrons. The molecule has 0 aromatic carbocycles. The molecule has 0 atom stereocenters. The summed E-state index contributed by atoms with van der Waals surface area (Å²) in [6.45, 7) is 7.50. The normalized spacial score (nSPS) is 29.1. The highest BCUT2D eigenvalue weighted by Crippen LogP contribution is 2.30. The van der Waals surface area contributed by atoms with Crippen molar-refractivity contribution in [1.82, 2.24) is 0 Å². The molecule has 3 nitrogen and oxygen atoms in total. The van der Waals surface area contributed by atoms with E-state index in [9.17, 15) is 8.42 Å². The third-order valence-electron chi connectivity index (χ3n) is 2.74. The van der Waals surface area contributed by atoms with Crippen molar-refractivity contribution in [1.29, 1.82) is 0 Å². The van der Waals surface area contributed by atoms with Gasteiger partial charge in [0.15, 0.2) is 0 Å². The van der Waals surface area contributed by atoms with E-state index in [0.29, 0.717) is 5.92 Å². The maximum Gasteiger partial charge on any atom is 0.270 e. The Balaban J connectivity index is 2.63. The van der Waals surface area contributed by atoms with Gasteiger partial charge < -0.3 is 0 Å². The van der Waals surface area contributed by atoms with Gasteiger partial charge in [-0.1, -0.05) is 6.92 Å². The maximum atomic E-state index is 11.9. The number of rotatable bonds is 2. The second-order valence-electron chi connectivity index (χ2n) is 5.57. The van der Waals surface area contributed by atoms with E-state index in [4.69, 9.17) is 4.18 Å². The number of hydrogen-bond acceptors (Lipinski definition) is 3.